The SMILES string of the molecule is CCCCCCCCCCc1cccc(Nc2cccc3ccccc23)c1CCCCCCCCCC. The smallest absolute Gasteiger partial charge is 0.0463 e. The van der Waals surface area contributed by atoms with E-state index in [2.05, 4.69) is 79.8 Å². The maximum atomic E-state index is 3.86. The number of unbranched alkanes of at least 4 members (excludes halogenated alkanes) is 14. The molecule has 0 aliphatic carbocycles. The lowest BCUT2D eigenvalue weighted by molar-refractivity contribution is 0.571. The monoisotopic (exact) mass is 499 g/mol. The van der Waals surface area contributed by atoms with Crippen LogP contribution in [0.5, 0.6) is 0 Å². The lowest BCUT2D eigenvalue weighted by Gasteiger charge is -2.18. The standard InChI is InChI=1S/C36H53N/c1-3-5-7-9-11-13-15-17-23-31-25-21-29-35(33(31)27-18-16-14-12-10-8-6-4-2)37-36-30-22-26-32-24-19-20-28-34(32)36/h19-22,24-26,28-30,37H,3-18,23,27H2,1-2H3. The summed E-state index contributed by atoms with van der Waals surface area (Å²) in [6.45, 7) is 4.60. The molecular weight excluding hydrogens is 446 g/mol. The van der Waals surface area contributed by atoms with Crippen molar-refractivity contribution in [1.82, 2.24) is 0 Å². The Morgan fingerprint density at radius 3 is 1.65 bits per heavy atom. The Kier molecular flexibility index (Phi) is 14.3. The normalized spacial score (nSPS) is 11.3. The Hall–Kier alpha value is -2.28. The van der Waals surface area contributed by atoms with Crippen molar-refractivity contribution in [3.05, 3.63) is 71.8 Å². The first-order chi connectivity index (χ1) is 18.3. The van der Waals surface area contributed by atoms with E-state index in [4.69, 9.17) is 0 Å². The zero-order valence-corrected chi connectivity index (χ0v) is 24.0. The average molecular weight is 500 g/mol. The number of fused-ring (bicyclic) bond motifs is 1. The molecule has 0 spiro atoms. The van der Waals surface area contributed by atoms with Crippen LogP contribution in [0.3, 0.4) is 0 Å². The van der Waals surface area contributed by atoms with E-state index in [1.807, 2.05) is 0 Å². The molecule has 37 heavy (non-hydrogen) atoms. The molecule has 0 radical (unpaired) electrons. The van der Waals surface area contributed by atoms with Crippen molar-refractivity contribution >= 4 is 22.1 Å². The van der Waals surface area contributed by atoms with Gasteiger partial charge < -0.3 is 5.32 Å². The van der Waals surface area contributed by atoms with Gasteiger partial charge in [0.25, 0.3) is 0 Å². The first-order valence-electron chi connectivity index (χ1n) is 15.7. The highest BCUT2D eigenvalue weighted by Gasteiger charge is 2.10. The summed E-state index contributed by atoms with van der Waals surface area (Å²) in [5, 5.41) is 6.46. The number of hydrogen-bond donors (Lipinski definition) is 1. The molecule has 0 aliphatic rings. The van der Waals surface area contributed by atoms with Gasteiger partial charge in [-0.2, -0.15) is 0 Å². The number of nitrogens with one attached hydrogen (secondary N) is 1. The van der Waals surface area contributed by atoms with Crippen LogP contribution in [0.4, 0.5) is 11.4 Å². The molecule has 3 aromatic rings. The quantitative estimate of drug-likeness (QED) is 0.152. The zero-order valence-electron chi connectivity index (χ0n) is 24.0. The molecule has 3 rings (SSSR count). The van der Waals surface area contributed by atoms with Gasteiger partial charge in [-0.25, -0.2) is 0 Å². The molecule has 0 amide bonds. The van der Waals surface area contributed by atoms with E-state index in [-0.39, 0.29) is 0 Å². The minimum atomic E-state index is 1.19. The van der Waals surface area contributed by atoms with Gasteiger partial charge >= 0.3 is 0 Å². The second-order valence-corrected chi connectivity index (χ2v) is 11.0. The summed E-state index contributed by atoms with van der Waals surface area (Å²) in [6, 6.07) is 22.3. The van der Waals surface area contributed by atoms with Gasteiger partial charge in [0.15, 0.2) is 0 Å². The van der Waals surface area contributed by atoms with Gasteiger partial charge in [-0.05, 0) is 54.3 Å². The second kappa shape index (κ2) is 18.1. The Morgan fingerprint density at radius 1 is 0.459 bits per heavy atom. The van der Waals surface area contributed by atoms with Crippen LogP contribution < -0.4 is 5.32 Å². The van der Waals surface area contributed by atoms with Gasteiger partial charge in [-0.1, -0.05) is 152 Å². The molecule has 0 unspecified atom stereocenters. The van der Waals surface area contributed by atoms with Crippen molar-refractivity contribution < 1.29 is 0 Å². The summed E-state index contributed by atoms with van der Waals surface area (Å²) < 4.78 is 0. The molecule has 0 heterocycles. The van der Waals surface area contributed by atoms with Crippen LogP contribution >= 0.6 is 0 Å². The van der Waals surface area contributed by atoms with Gasteiger partial charge in [-0.3, -0.25) is 0 Å². The van der Waals surface area contributed by atoms with E-state index in [0.717, 1.165) is 0 Å². The Balaban J connectivity index is 1.62. The fourth-order valence-corrected chi connectivity index (χ4v) is 5.65. The topological polar surface area (TPSA) is 12.0 Å². The molecule has 0 atom stereocenters. The summed E-state index contributed by atoms with van der Waals surface area (Å²) >= 11 is 0. The maximum Gasteiger partial charge on any atom is 0.0463 e. The summed E-state index contributed by atoms with van der Waals surface area (Å²) in [5.74, 6) is 0. The second-order valence-electron chi connectivity index (χ2n) is 11.0. The summed E-state index contributed by atoms with van der Waals surface area (Å²) in [7, 11) is 0. The number of hydrogen-bond acceptors (Lipinski definition) is 1. The molecule has 202 valence electrons. The molecule has 0 saturated carbocycles. The minimum absolute atomic E-state index is 1.19. The summed E-state index contributed by atoms with van der Waals surface area (Å²) in [6.07, 6.45) is 24.5. The average Bonchev–Trinajstić information content (AvgIpc) is 2.93. The minimum Gasteiger partial charge on any atom is -0.355 e. The van der Waals surface area contributed by atoms with Crippen LogP contribution in [0.25, 0.3) is 10.8 Å². The van der Waals surface area contributed by atoms with Crippen LogP contribution in [-0.4, -0.2) is 0 Å². The first-order valence-corrected chi connectivity index (χ1v) is 15.7. The highest BCUT2D eigenvalue weighted by Crippen LogP contribution is 2.31. The van der Waals surface area contributed by atoms with Crippen LogP contribution in [0, 0.1) is 0 Å². The summed E-state index contributed by atoms with van der Waals surface area (Å²) in [5.41, 5.74) is 5.67. The molecule has 1 nitrogen and oxygen atoms in total. The van der Waals surface area contributed by atoms with Crippen LogP contribution in [0.2, 0.25) is 0 Å². The third kappa shape index (κ3) is 10.5. The zero-order chi connectivity index (χ0) is 26.0. The van der Waals surface area contributed by atoms with E-state index in [1.165, 1.54) is 138 Å². The lowest BCUT2D eigenvalue weighted by Crippen LogP contribution is -2.02. The van der Waals surface area contributed by atoms with Crippen molar-refractivity contribution in [3.8, 4) is 0 Å². The largest absolute Gasteiger partial charge is 0.355 e. The van der Waals surface area contributed by atoms with Crippen LogP contribution in [0.15, 0.2) is 60.7 Å². The van der Waals surface area contributed by atoms with Crippen LogP contribution in [0.1, 0.15) is 128 Å². The molecule has 0 bridgehead atoms. The predicted octanol–water partition coefficient (Wildman–Crippen LogP) is 11.9. The number of aryl methyl sites for hydroxylation is 1. The lowest BCUT2D eigenvalue weighted by atomic mass is 9.94. The summed E-state index contributed by atoms with van der Waals surface area (Å²) in [4.78, 5) is 0. The molecule has 1 N–H and O–H groups in total. The number of benzene rings is 3. The highest BCUT2D eigenvalue weighted by molar-refractivity contribution is 5.95. The number of anilines is 2. The molecular formula is C36H53N. The van der Waals surface area contributed by atoms with Gasteiger partial charge in [-0.15, -0.1) is 0 Å². The highest BCUT2D eigenvalue weighted by atomic mass is 14.9. The van der Waals surface area contributed by atoms with Gasteiger partial charge in [0.05, 0.1) is 0 Å². The van der Waals surface area contributed by atoms with E-state index in [0.29, 0.717) is 0 Å². The van der Waals surface area contributed by atoms with Crippen molar-refractivity contribution in [2.24, 2.45) is 0 Å². The molecule has 0 fully saturated rings. The fourth-order valence-electron chi connectivity index (χ4n) is 5.65. The fraction of sp³-hybridized carbons (Fsp3) is 0.556. The molecule has 0 aromatic heterocycles. The van der Waals surface area contributed by atoms with Gasteiger partial charge in [0.1, 0.15) is 0 Å². The molecule has 0 aliphatic heterocycles. The molecule has 1 heteroatoms. The first kappa shape index (κ1) is 29.3. The third-order valence-corrected chi connectivity index (χ3v) is 7.91. The maximum absolute atomic E-state index is 3.86. The van der Waals surface area contributed by atoms with Crippen molar-refractivity contribution in [1.29, 1.82) is 0 Å². The van der Waals surface area contributed by atoms with Crippen LogP contribution in [-0.2, 0) is 12.8 Å². The van der Waals surface area contributed by atoms with Crippen molar-refractivity contribution in [2.75, 3.05) is 5.32 Å². The molecule has 3 aromatic carbocycles. The van der Waals surface area contributed by atoms with Crippen molar-refractivity contribution in [2.45, 2.75) is 129 Å². The van der Waals surface area contributed by atoms with E-state index in [9.17, 15) is 0 Å². The number of rotatable bonds is 20. The Labute approximate surface area is 228 Å². The third-order valence-electron chi connectivity index (χ3n) is 7.91. The Morgan fingerprint density at radius 2 is 0.973 bits per heavy atom. The van der Waals surface area contributed by atoms with Gasteiger partial charge in [0, 0.05) is 16.8 Å². The van der Waals surface area contributed by atoms with Gasteiger partial charge in [0.2, 0.25) is 0 Å². The predicted molar refractivity (Wildman–Crippen MR) is 166 cm³/mol. The van der Waals surface area contributed by atoms with E-state index in [1.54, 1.807) is 11.1 Å². The van der Waals surface area contributed by atoms with E-state index < -0.39 is 0 Å². The molecule has 0 saturated heterocycles. The van der Waals surface area contributed by atoms with E-state index >= 15 is 0 Å². The Bertz CT molecular complexity index is 999. The van der Waals surface area contributed by atoms with Crippen molar-refractivity contribution in [3.63, 3.8) is 0 Å².